The lowest BCUT2D eigenvalue weighted by Gasteiger charge is -2.24. The van der Waals surface area contributed by atoms with Gasteiger partial charge in [-0.15, -0.1) is 0 Å². The maximum absolute atomic E-state index is 13.9. The van der Waals surface area contributed by atoms with Crippen LogP contribution in [0.2, 0.25) is 0 Å². The number of pyridine rings is 2. The number of aromatic amines is 1. The number of H-pyrrole nitrogens is 1. The van der Waals surface area contributed by atoms with Crippen LogP contribution in [0.15, 0.2) is 43.0 Å². The Balaban J connectivity index is 1.41. The van der Waals surface area contributed by atoms with Crippen LogP contribution in [0.5, 0.6) is 0 Å². The Labute approximate surface area is 189 Å². The molecule has 0 unspecified atom stereocenters. The number of halogens is 1. The van der Waals surface area contributed by atoms with Crippen molar-refractivity contribution in [3.63, 3.8) is 0 Å². The molecule has 5 aromatic rings. The number of hydrogen-bond acceptors (Lipinski definition) is 6. The van der Waals surface area contributed by atoms with Gasteiger partial charge in [-0.25, -0.2) is 9.37 Å². The van der Waals surface area contributed by atoms with Crippen LogP contribution >= 0.6 is 0 Å². The summed E-state index contributed by atoms with van der Waals surface area (Å²) in [7, 11) is 0. The molecule has 2 N–H and O–H groups in total. The van der Waals surface area contributed by atoms with Crippen LogP contribution in [0.4, 0.5) is 10.3 Å². The minimum Gasteiger partial charge on any atom is -0.357 e. The van der Waals surface area contributed by atoms with Crippen molar-refractivity contribution >= 4 is 22.6 Å². The third kappa shape index (κ3) is 3.40. The smallest absolute Gasteiger partial charge is 0.228 e. The molecule has 0 bridgehead atoms. The topological polar surface area (TPSA) is 96.7 Å². The summed E-state index contributed by atoms with van der Waals surface area (Å²) in [5, 5.41) is 8.15. The van der Waals surface area contributed by atoms with E-state index in [1.807, 2.05) is 18.5 Å². The van der Waals surface area contributed by atoms with Gasteiger partial charge in [0.15, 0.2) is 11.5 Å². The van der Waals surface area contributed by atoms with Crippen molar-refractivity contribution in [3.05, 3.63) is 65.6 Å². The number of hydrogen-bond donors (Lipinski definition) is 2. The van der Waals surface area contributed by atoms with Gasteiger partial charge >= 0.3 is 0 Å². The molecule has 33 heavy (non-hydrogen) atoms. The molecule has 0 spiro atoms. The Hall–Kier alpha value is -3.88. The molecule has 6 rings (SSSR count). The van der Waals surface area contributed by atoms with Gasteiger partial charge in [-0.1, -0.05) is 13.8 Å². The van der Waals surface area contributed by atoms with Gasteiger partial charge in [-0.2, -0.15) is 14.6 Å². The van der Waals surface area contributed by atoms with Gasteiger partial charge in [0.1, 0.15) is 5.82 Å². The van der Waals surface area contributed by atoms with Gasteiger partial charge in [0.25, 0.3) is 0 Å². The maximum atomic E-state index is 13.9. The fraction of sp³-hybridized carbons (Fsp3) is 0.292. The highest BCUT2D eigenvalue weighted by molar-refractivity contribution is 5.80. The average molecular weight is 443 g/mol. The highest BCUT2D eigenvalue weighted by atomic mass is 19.1. The number of anilines is 1. The van der Waals surface area contributed by atoms with Crippen molar-refractivity contribution in [3.8, 4) is 11.4 Å². The van der Waals surface area contributed by atoms with Crippen molar-refractivity contribution in [2.24, 2.45) is 0 Å². The summed E-state index contributed by atoms with van der Waals surface area (Å²) >= 11 is 0. The zero-order valence-electron chi connectivity index (χ0n) is 18.4. The van der Waals surface area contributed by atoms with Crippen molar-refractivity contribution < 1.29 is 4.39 Å². The van der Waals surface area contributed by atoms with Gasteiger partial charge < -0.3 is 10.3 Å². The van der Waals surface area contributed by atoms with Gasteiger partial charge in [0.05, 0.1) is 23.4 Å². The first kappa shape index (κ1) is 19.8. The van der Waals surface area contributed by atoms with E-state index < -0.39 is 5.82 Å². The van der Waals surface area contributed by atoms with Crippen molar-refractivity contribution in [1.29, 1.82) is 0 Å². The molecule has 8 nitrogen and oxygen atoms in total. The van der Waals surface area contributed by atoms with Crippen LogP contribution < -0.4 is 5.32 Å². The minimum absolute atomic E-state index is 0.154. The number of rotatable bonds is 4. The number of aromatic nitrogens is 7. The van der Waals surface area contributed by atoms with E-state index >= 15 is 0 Å². The average Bonchev–Trinajstić information content (AvgIpc) is 3.41. The van der Waals surface area contributed by atoms with Crippen molar-refractivity contribution in [1.82, 2.24) is 34.5 Å². The van der Waals surface area contributed by atoms with E-state index in [2.05, 4.69) is 45.3 Å². The Bertz CT molecular complexity index is 1480. The third-order valence-corrected chi connectivity index (χ3v) is 6.25. The second-order valence-corrected chi connectivity index (χ2v) is 8.82. The first-order valence-corrected chi connectivity index (χ1v) is 11.1. The molecule has 5 aromatic heterocycles. The maximum Gasteiger partial charge on any atom is 0.228 e. The Morgan fingerprint density at radius 1 is 1.21 bits per heavy atom. The van der Waals surface area contributed by atoms with Crippen molar-refractivity contribution in [2.75, 3.05) is 5.32 Å². The quantitative estimate of drug-likeness (QED) is 0.431. The fourth-order valence-corrected chi connectivity index (χ4v) is 4.59. The lowest BCUT2D eigenvalue weighted by atomic mass is 9.93. The second-order valence-electron chi connectivity index (χ2n) is 8.82. The van der Waals surface area contributed by atoms with Crippen LogP contribution in [0, 0.1) is 5.82 Å². The molecule has 0 saturated heterocycles. The van der Waals surface area contributed by atoms with Crippen LogP contribution in [-0.2, 0) is 12.8 Å². The van der Waals surface area contributed by atoms with E-state index in [1.54, 1.807) is 10.7 Å². The molecule has 0 radical (unpaired) electrons. The minimum atomic E-state index is -0.422. The largest absolute Gasteiger partial charge is 0.357 e. The highest BCUT2D eigenvalue weighted by Gasteiger charge is 2.25. The van der Waals surface area contributed by atoms with E-state index in [0.717, 1.165) is 35.9 Å². The first-order chi connectivity index (χ1) is 16.1. The van der Waals surface area contributed by atoms with E-state index in [0.29, 0.717) is 23.0 Å². The molecular weight excluding hydrogens is 419 g/mol. The molecular formula is C24H23FN8. The van der Waals surface area contributed by atoms with E-state index in [9.17, 15) is 4.39 Å². The summed E-state index contributed by atoms with van der Waals surface area (Å²) in [5.41, 5.74) is 6.86. The molecule has 0 amide bonds. The van der Waals surface area contributed by atoms with Gasteiger partial charge in [0, 0.05) is 40.8 Å². The molecule has 5 heterocycles. The lowest BCUT2D eigenvalue weighted by molar-refractivity contribution is 0.599. The summed E-state index contributed by atoms with van der Waals surface area (Å²) in [5.74, 6) is 0.824. The number of nitrogens with zero attached hydrogens (tertiary/aromatic N) is 6. The van der Waals surface area contributed by atoms with Crippen molar-refractivity contribution in [2.45, 2.75) is 45.1 Å². The highest BCUT2D eigenvalue weighted by Crippen LogP contribution is 2.30. The molecule has 0 aliphatic heterocycles. The first-order valence-electron chi connectivity index (χ1n) is 11.1. The summed E-state index contributed by atoms with van der Waals surface area (Å²) in [6, 6.07) is 5.57. The van der Waals surface area contributed by atoms with E-state index in [4.69, 9.17) is 9.97 Å². The molecule has 166 valence electrons. The van der Waals surface area contributed by atoms with E-state index in [-0.39, 0.29) is 12.0 Å². The van der Waals surface area contributed by atoms with E-state index in [1.165, 1.54) is 23.5 Å². The number of nitrogens with one attached hydrogen (secondary N) is 2. The summed E-state index contributed by atoms with van der Waals surface area (Å²) < 4.78 is 15.6. The zero-order valence-corrected chi connectivity index (χ0v) is 18.4. The molecule has 1 atom stereocenters. The molecule has 9 heteroatoms. The number of fused-ring (bicyclic) bond motifs is 4. The zero-order chi connectivity index (χ0) is 22.5. The van der Waals surface area contributed by atoms with Crippen LogP contribution in [0.3, 0.4) is 0 Å². The molecule has 0 fully saturated rings. The summed E-state index contributed by atoms with van der Waals surface area (Å²) in [4.78, 5) is 21.5. The standard InChI is InChI=1S/C24H23FN8/c1-13(2)18-12-28-33-23(18)31-22(14-8-15(25)11-26-10-14)32-24(33)29-16-5-6-19-17(9-16)21-20(30-19)4-3-7-27-21/h3-4,7-8,10-13,16,30H,5-6,9H2,1-2H3,(H,29,31,32)/t16-/m0/s1. The predicted octanol–water partition coefficient (Wildman–Crippen LogP) is 4.29. The van der Waals surface area contributed by atoms with Gasteiger partial charge in [0.2, 0.25) is 5.95 Å². The van der Waals surface area contributed by atoms with Gasteiger partial charge in [-0.05, 0) is 43.4 Å². The molecule has 0 saturated carbocycles. The normalized spacial score (nSPS) is 15.9. The monoisotopic (exact) mass is 442 g/mol. The molecule has 1 aliphatic rings. The lowest BCUT2D eigenvalue weighted by Crippen LogP contribution is -2.29. The fourth-order valence-electron chi connectivity index (χ4n) is 4.59. The predicted molar refractivity (Wildman–Crippen MR) is 124 cm³/mol. The van der Waals surface area contributed by atoms with Crippen LogP contribution in [0.1, 0.15) is 43.0 Å². The Morgan fingerprint density at radius 3 is 2.97 bits per heavy atom. The van der Waals surface area contributed by atoms with Gasteiger partial charge in [-0.3, -0.25) is 9.97 Å². The molecule has 1 aliphatic carbocycles. The van der Waals surface area contributed by atoms with Crippen LogP contribution in [0.25, 0.3) is 28.1 Å². The Morgan fingerprint density at radius 2 is 2.12 bits per heavy atom. The Kier molecular flexibility index (Phi) is 4.56. The molecule has 0 aromatic carbocycles. The summed E-state index contributed by atoms with van der Waals surface area (Å²) in [6.45, 7) is 4.20. The summed E-state index contributed by atoms with van der Waals surface area (Å²) in [6.07, 6.45) is 9.11. The van der Waals surface area contributed by atoms with Crippen LogP contribution in [-0.4, -0.2) is 40.6 Å². The third-order valence-electron chi connectivity index (χ3n) is 6.25. The SMILES string of the molecule is CC(C)c1cnn2c(N[C@H]3CCc4[nH]c5cccnc5c4C3)nc(-c3cncc(F)c3)nc12. The second kappa shape index (κ2) is 7.61. The number of aryl methyl sites for hydroxylation is 1.